The molecule has 2 heterocycles. The maximum absolute atomic E-state index is 12.2. The number of carbonyl (C=O) groups excluding carboxylic acids is 1. The minimum absolute atomic E-state index is 0.0505. The van der Waals surface area contributed by atoms with E-state index in [1.54, 1.807) is 0 Å². The fourth-order valence-corrected chi connectivity index (χ4v) is 5.09. The maximum Gasteiger partial charge on any atom is 0.222 e. The lowest BCUT2D eigenvalue weighted by atomic mass is 9.93. The van der Waals surface area contributed by atoms with Crippen LogP contribution in [-0.4, -0.2) is 57.4 Å². The van der Waals surface area contributed by atoms with Crippen molar-refractivity contribution in [2.24, 2.45) is 11.8 Å². The van der Waals surface area contributed by atoms with Crippen LogP contribution in [0.5, 0.6) is 0 Å². The molecule has 0 radical (unpaired) electrons. The number of carbonyl (C=O) groups is 1. The van der Waals surface area contributed by atoms with Crippen LogP contribution in [0.3, 0.4) is 0 Å². The van der Waals surface area contributed by atoms with Crippen LogP contribution < -0.4 is 5.32 Å². The van der Waals surface area contributed by atoms with Gasteiger partial charge >= 0.3 is 0 Å². The Morgan fingerprint density at radius 2 is 1.90 bits per heavy atom. The number of hydrogen-bond acceptors (Lipinski definition) is 4. The average molecular weight is 302 g/mol. The van der Waals surface area contributed by atoms with E-state index in [1.165, 1.54) is 6.42 Å². The van der Waals surface area contributed by atoms with Crippen molar-refractivity contribution in [2.75, 3.05) is 38.2 Å². The first-order valence-corrected chi connectivity index (χ1v) is 9.45. The van der Waals surface area contributed by atoms with Crippen LogP contribution in [0.4, 0.5) is 0 Å². The Bertz CT molecular complexity index is 428. The van der Waals surface area contributed by atoms with E-state index in [2.05, 4.69) is 5.32 Å². The second-order valence-electron chi connectivity index (χ2n) is 6.19. The molecule has 1 atom stereocenters. The molecule has 1 unspecified atom stereocenters. The molecule has 2 fully saturated rings. The van der Waals surface area contributed by atoms with Gasteiger partial charge in [0.1, 0.15) is 0 Å². The molecule has 0 aromatic carbocycles. The summed E-state index contributed by atoms with van der Waals surface area (Å²) < 4.78 is 22.8. The largest absolute Gasteiger partial charge is 0.343 e. The van der Waals surface area contributed by atoms with E-state index in [-0.39, 0.29) is 23.3 Å². The third-order valence-corrected chi connectivity index (χ3v) is 6.40. The third kappa shape index (κ3) is 4.45. The summed E-state index contributed by atoms with van der Waals surface area (Å²) in [5, 5.41) is 3.17. The summed E-state index contributed by atoms with van der Waals surface area (Å²) in [7, 11) is -0.902. The predicted octanol–water partition coefficient (Wildman–Crippen LogP) is 0.659. The van der Waals surface area contributed by atoms with Crippen molar-refractivity contribution in [3.05, 3.63) is 0 Å². The van der Waals surface area contributed by atoms with E-state index in [4.69, 9.17) is 0 Å². The Morgan fingerprint density at radius 3 is 2.45 bits per heavy atom. The molecule has 1 N–H and O–H groups in total. The van der Waals surface area contributed by atoms with Crippen LogP contribution in [0.1, 0.15) is 32.1 Å². The Balaban J connectivity index is 1.72. The van der Waals surface area contributed by atoms with Gasteiger partial charge in [-0.05, 0) is 51.1 Å². The molecule has 0 bridgehead atoms. The summed E-state index contributed by atoms with van der Waals surface area (Å²) in [6.07, 6.45) is 4.42. The van der Waals surface area contributed by atoms with Gasteiger partial charge in [0.25, 0.3) is 0 Å². The molecule has 2 saturated heterocycles. The van der Waals surface area contributed by atoms with Crippen LogP contribution in [0.25, 0.3) is 0 Å². The van der Waals surface area contributed by atoms with E-state index in [9.17, 15) is 13.2 Å². The van der Waals surface area contributed by atoms with E-state index in [0.717, 1.165) is 38.4 Å². The van der Waals surface area contributed by atoms with E-state index < -0.39 is 9.84 Å². The van der Waals surface area contributed by atoms with E-state index in [0.29, 0.717) is 12.8 Å². The molecule has 0 saturated carbocycles. The number of rotatable bonds is 5. The lowest BCUT2D eigenvalue weighted by molar-refractivity contribution is -0.133. The highest BCUT2D eigenvalue weighted by Gasteiger charge is 2.31. The molecular formula is C14H26N2O3S. The SMILES string of the molecule is CNCCC1CCN(C(=O)CC2CCS(=O)(=O)C2)CC1. The van der Waals surface area contributed by atoms with Gasteiger partial charge in [-0.2, -0.15) is 0 Å². The van der Waals surface area contributed by atoms with Gasteiger partial charge in [-0.3, -0.25) is 4.79 Å². The first kappa shape index (κ1) is 15.8. The number of nitrogens with one attached hydrogen (secondary N) is 1. The molecule has 5 nitrogen and oxygen atoms in total. The van der Waals surface area contributed by atoms with Gasteiger partial charge in [0.05, 0.1) is 11.5 Å². The van der Waals surface area contributed by atoms with Crippen LogP contribution in [0.2, 0.25) is 0 Å². The summed E-state index contributed by atoms with van der Waals surface area (Å²) >= 11 is 0. The molecule has 0 aromatic heterocycles. The second kappa shape index (κ2) is 6.89. The number of nitrogens with zero attached hydrogens (tertiary/aromatic N) is 1. The fourth-order valence-electron chi connectivity index (χ4n) is 3.23. The van der Waals surface area contributed by atoms with Crippen LogP contribution in [0.15, 0.2) is 0 Å². The zero-order valence-corrected chi connectivity index (χ0v) is 13.1. The van der Waals surface area contributed by atoms with Crippen LogP contribution >= 0.6 is 0 Å². The lowest BCUT2D eigenvalue weighted by Gasteiger charge is -2.32. The minimum Gasteiger partial charge on any atom is -0.343 e. The summed E-state index contributed by atoms with van der Waals surface area (Å²) in [5.74, 6) is 1.39. The zero-order chi connectivity index (χ0) is 14.6. The number of likely N-dealkylation sites (tertiary alicyclic amines) is 1. The van der Waals surface area contributed by atoms with Gasteiger partial charge in [0, 0.05) is 19.5 Å². The smallest absolute Gasteiger partial charge is 0.222 e. The summed E-state index contributed by atoms with van der Waals surface area (Å²) in [4.78, 5) is 14.1. The van der Waals surface area contributed by atoms with Gasteiger partial charge in [0.15, 0.2) is 9.84 Å². The van der Waals surface area contributed by atoms with Crippen molar-refractivity contribution in [1.29, 1.82) is 0 Å². The molecule has 0 aromatic rings. The zero-order valence-electron chi connectivity index (χ0n) is 12.3. The number of amides is 1. The van der Waals surface area contributed by atoms with Crippen molar-refractivity contribution >= 4 is 15.7 Å². The Labute approximate surface area is 122 Å². The minimum atomic E-state index is -2.87. The Hall–Kier alpha value is -0.620. The van der Waals surface area contributed by atoms with Crippen molar-refractivity contribution in [2.45, 2.75) is 32.1 Å². The highest BCUT2D eigenvalue weighted by Crippen LogP contribution is 2.25. The van der Waals surface area contributed by atoms with Gasteiger partial charge in [-0.25, -0.2) is 8.42 Å². The van der Waals surface area contributed by atoms with Gasteiger partial charge in [-0.15, -0.1) is 0 Å². The van der Waals surface area contributed by atoms with Gasteiger partial charge in [0.2, 0.25) is 5.91 Å². The predicted molar refractivity (Wildman–Crippen MR) is 79.2 cm³/mol. The second-order valence-corrected chi connectivity index (χ2v) is 8.42. The standard InChI is InChI=1S/C14H26N2O3S/c1-15-6-2-12-3-7-16(8-4-12)14(17)10-13-5-9-20(18,19)11-13/h12-13,15H,2-11H2,1H3. The molecule has 116 valence electrons. The maximum atomic E-state index is 12.2. The van der Waals surface area contributed by atoms with Gasteiger partial charge in [-0.1, -0.05) is 0 Å². The van der Waals surface area contributed by atoms with Crippen LogP contribution in [-0.2, 0) is 14.6 Å². The first-order valence-electron chi connectivity index (χ1n) is 7.63. The Kier molecular flexibility index (Phi) is 5.43. The van der Waals surface area contributed by atoms with Crippen molar-refractivity contribution < 1.29 is 13.2 Å². The van der Waals surface area contributed by atoms with Crippen LogP contribution in [0, 0.1) is 11.8 Å². The number of piperidine rings is 1. The number of hydrogen-bond donors (Lipinski definition) is 1. The topological polar surface area (TPSA) is 66.5 Å². The molecular weight excluding hydrogens is 276 g/mol. The molecule has 0 spiro atoms. The summed E-state index contributed by atoms with van der Waals surface area (Å²) in [6, 6.07) is 0. The highest BCUT2D eigenvalue weighted by molar-refractivity contribution is 7.91. The molecule has 2 aliphatic rings. The highest BCUT2D eigenvalue weighted by atomic mass is 32.2. The summed E-state index contributed by atoms with van der Waals surface area (Å²) in [5.41, 5.74) is 0. The molecule has 2 rings (SSSR count). The molecule has 0 aliphatic carbocycles. The summed E-state index contributed by atoms with van der Waals surface area (Å²) in [6.45, 7) is 2.72. The molecule has 2 aliphatic heterocycles. The van der Waals surface area contributed by atoms with E-state index in [1.807, 2.05) is 11.9 Å². The normalized spacial score (nSPS) is 26.9. The average Bonchev–Trinajstić information content (AvgIpc) is 2.76. The molecule has 20 heavy (non-hydrogen) atoms. The quantitative estimate of drug-likeness (QED) is 0.810. The molecule has 6 heteroatoms. The van der Waals surface area contributed by atoms with Crippen molar-refractivity contribution in [1.82, 2.24) is 10.2 Å². The number of sulfone groups is 1. The van der Waals surface area contributed by atoms with E-state index >= 15 is 0 Å². The first-order chi connectivity index (χ1) is 9.50. The fraction of sp³-hybridized carbons (Fsp3) is 0.929. The Morgan fingerprint density at radius 1 is 1.20 bits per heavy atom. The monoisotopic (exact) mass is 302 g/mol. The van der Waals surface area contributed by atoms with Crippen molar-refractivity contribution in [3.63, 3.8) is 0 Å². The molecule has 1 amide bonds. The van der Waals surface area contributed by atoms with Crippen molar-refractivity contribution in [3.8, 4) is 0 Å². The third-order valence-electron chi connectivity index (χ3n) is 4.56. The van der Waals surface area contributed by atoms with Gasteiger partial charge < -0.3 is 10.2 Å². The lowest BCUT2D eigenvalue weighted by Crippen LogP contribution is -2.39.